The van der Waals surface area contributed by atoms with E-state index in [2.05, 4.69) is 5.32 Å². The van der Waals surface area contributed by atoms with Gasteiger partial charge in [0.1, 0.15) is 22.9 Å². The number of benzene rings is 3. The number of hydrogen-bond acceptors (Lipinski definition) is 7. The van der Waals surface area contributed by atoms with Crippen molar-refractivity contribution in [2.24, 2.45) is 0 Å². The molecule has 0 saturated heterocycles. The van der Waals surface area contributed by atoms with E-state index in [0.29, 0.717) is 35.3 Å². The Labute approximate surface area is 244 Å². The van der Waals surface area contributed by atoms with Crippen LogP contribution in [0.1, 0.15) is 38.8 Å². The first-order valence-electron chi connectivity index (χ1n) is 13.1. The van der Waals surface area contributed by atoms with E-state index in [1.54, 1.807) is 19.3 Å². The topological polar surface area (TPSA) is 83.1 Å². The van der Waals surface area contributed by atoms with Crippen LogP contribution < -0.4 is 19.5 Å². The second-order valence-electron chi connectivity index (χ2n) is 9.13. The molecule has 0 aliphatic rings. The summed E-state index contributed by atoms with van der Waals surface area (Å²) in [5, 5.41) is 3.28. The summed E-state index contributed by atoms with van der Waals surface area (Å²) in [6.07, 6.45) is 3.09. The summed E-state index contributed by atoms with van der Waals surface area (Å²) in [7, 11) is 2.90. The van der Waals surface area contributed by atoms with Gasteiger partial charge in [-0.25, -0.2) is 4.79 Å². The van der Waals surface area contributed by atoms with E-state index in [1.807, 2.05) is 81.4 Å². The molecule has 4 aromatic rings. The van der Waals surface area contributed by atoms with Gasteiger partial charge in [-0.1, -0.05) is 42.5 Å². The lowest BCUT2D eigenvalue weighted by atomic mass is 10.0. The lowest BCUT2D eigenvalue weighted by molar-refractivity contribution is -0.111. The van der Waals surface area contributed by atoms with Crippen LogP contribution in [0.15, 0.2) is 72.8 Å². The minimum Gasteiger partial charge on any atom is -0.494 e. The highest BCUT2D eigenvalue weighted by Crippen LogP contribution is 2.41. The van der Waals surface area contributed by atoms with Crippen molar-refractivity contribution in [3.63, 3.8) is 0 Å². The molecule has 0 spiro atoms. The van der Waals surface area contributed by atoms with Crippen LogP contribution >= 0.6 is 11.3 Å². The summed E-state index contributed by atoms with van der Waals surface area (Å²) in [5.41, 5.74) is 4.87. The SMILES string of the molecule is CCOc1ccc(-c2c(C)sc(NC(=O)/C=C/c3ccc(OCc4ccccc4C)c(OC)c3)c2C(=O)OC)cc1. The van der Waals surface area contributed by atoms with Gasteiger partial charge in [-0.2, -0.15) is 0 Å². The number of ether oxygens (including phenoxy) is 4. The molecule has 0 aliphatic carbocycles. The quantitative estimate of drug-likeness (QED) is 0.149. The van der Waals surface area contributed by atoms with Crippen molar-refractivity contribution in [1.82, 2.24) is 0 Å². The second kappa shape index (κ2) is 13.7. The van der Waals surface area contributed by atoms with E-state index < -0.39 is 5.97 Å². The number of carbonyl (C=O) groups excluding carboxylic acids is 2. The van der Waals surface area contributed by atoms with Gasteiger partial charge in [0.05, 0.1) is 20.8 Å². The molecule has 7 nitrogen and oxygen atoms in total. The maximum Gasteiger partial charge on any atom is 0.341 e. The molecule has 3 aromatic carbocycles. The van der Waals surface area contributed by atoms with Gasteiger partial charge < -0.3 is 24.3 Å². The number of hydrogen-bond donors (Lipinski definition) is 1. The van der Waals surface area contributed by atoms with Crippen molar-refractivity contribution in [2.75, 3.05) is 26.1 Å². The number of aryl methyl sites for hydroxylation is 2. The summed E-state index contributed by atoms with van der Waals surface area (Å²) >= 11 is 1.32. The average molecular weight is 572 g/mol. The van der Waals surface area contributed by atoms with Crippen LogP contribution in [0.4, 0.5) is 5.00 Å². The Hall–Kier alpha value is -4.56. The Balaban J connectivity index is 1.50. The Morgan fingerprint density at radius 2 is 1.68 bits per heavy atom. The second-order valence-corrected chi connectivity index (χ2v) is 10.4. The van der Waals surface area contributed by atoms with Crippen molar-refractivity contribution in [3.05, 3.63) is 99.9 Å². The number of amides is 1. The smallest absolute Gasteiger partial charge is 0.341 e. The fraction of sp³-hybridized carbons (Fsp3) is 0.212. The largest absolute Gasteiger partial charge is 0.494 e. The summed E-state index contributed by atoms with van der Waals surface area (Å²) in [6.45, 7) is 6.85. The Morgan fingerprint density at radius 3 is 2.37 bits per heavy atom. The van der Waals surface area contributed by atoms with Gasteiger partial charge in [-0.15, -0.1) is 11.3 Å². The molecule has 0 aliphatic heterocycles. The first-order valence-corrected chi connectivity index (χ1v) is 14.0. The predicted octanol–water partition coefficient (Wildman–Crippen LogP) is 7.46. The molecule has 4 rings (SSSR count). The van der Waals surface area contributed by atoms with Crippen LogP contribution in [0.5, 0.6) is 17.2 Å². The number of esters is 1. The zero-order valence-corrected chi connectivity index (χ0v) is 24.6. The fourth-order valence-electron chi connectivity index (χ4n) is 4.32. The van der Waals surface area contributed by atoms with Crippen LogP contribution in [-0.4, -0.2) is 32.7 Å². The zero-order chi connectivity index (χ0) is 29.4. The molecule has 0 saturated carbocycles. The number of carbonyl (C=O) groups is 2. The highest BCUT2D eigenvalue weighted by molar-refractivity contribution is 7.17. The van der Waals surface area contributed by atoms with Gasteiger partial charge in [-0.05, 0) is 73.4 Å². The highest BCUT2D eigenvalue weighted by atomic mass is 32.1. The third-order valence-electron chi connectivity index (χ3n) is 6.42. The fourth-order valence-corrected chi connectivity index (χ4v) is 5.39. The first kappa shape index (κ1) is 29.4. The van der Waals surface area contributed by atoms with Crippen molar-refractivity contribution in [3.8, 4) is 28.4 Å². The molecule has 212 valence electrons. The normalized spacial score (nSPS) is 10.9. The van der Waals surface area contributed by atoms with Crippen LogP contribution in [0, 0.1) is 13.8 Å². The van der Waals surface area contributed by atoms with E-state index in [-0.39, 0.29) is 5.91 Å². The standard InChI is InChI=1S/C33H33NO6S/c1-6-39-26-15-13-24(14-16-26)30-22(3)41-32(31(30)33(36)38-5)34-29(35)18-12-23-11-17-27(28(19-23)37-4)40-20-25-10-8-7-9-21(25)2/h7-19H,6,20H2,1-5H3,(H,34,35)/b18-12+. The lowest BCUT2D eigenvalue weighted by Gasteiger charge is -2.12. The molecule has 1 aromatic heterocycles. The highest BCUT2D eigenvalue weighted by Gasteiger charge is 2.25. The molecule has 41 heavy (non-hydrogen) atoms. The predicted molar refractivity (Wildman–Crippen MR) is 163 cm³/mol. The summed E-state index contributed by atoms with van der Waals surface area (Å²) in [6, 6.07) is 21.0. The molecular formula is C33H33NO6S. The number of methoxy groups -OCH3 is 2. The minimum absolute atomic E-state index is 0.317. The lowest BCUT2D eigenvalue weighted by Crippen LogP contribution is -2.11. The third kappa shape index (κ3) is 7.15. The third-order valence-corrected chi connectivity index (χ3v) is 7.44. The molecule has 0 bridgehead atoms. The van der Waals surface area contributed by atoms with Gasteiger partial charge in [0.15, 0.2) is 11.5 Å². The molecule has 8 heteroatoms. The summed E-state index contributed by atoms with van der Waals surface area (Å²) in [5.74, 6) is 1.00. The van der Waals surface area contributed by atoms with Gasteiger partial charge in [-0.3, -0.25) is 4.79 Å². The van der Waals surface area contributed by atoms with Crippen LogP contribution in [-0.2, 0) is 16.1 Å². The van der Waals surface area contributed by atoms with E-state index in [4.69, 9.17) is 18.9 Å². The number of thiophene rings is 1. The Bertz CT molecular complexity index is 1550. The summed E-state index contributed by atoms with van der Waals surface area (Å²) in [4.78, 5) is 26.6. The van der Waals surface area contributed by atoms with Crippen molar-refractivity contribution >= 4 is 34.3 Å². The van der Waals surface area contributed by atoms with E-state index in [0.717, 1.165) is 38.4 Å². The maximum atomic E-state index is 12.9. The molecule has 1 heterocycles. The monoisotopic (exact) mass is 571 g/mol. The number of anilines is 1. The first-order chi connectivity index (χ1) is 19.8. The van der Waals surface area contributed by atoms with Crippen LogP contribution in [0.2, 0.25) is 0 Å². The number of nitrogens with one attached hydrogen (secondary N) is 1. The van der Waals surface area contributed by atoms with Crippen LogP contribution in [0.25, 0.3) is 17.2 Å². The molecule has 1 N–H and O–H groups in total. The zero-order valence-electron chi connectivity index (χ0n) is 23.8. The molecule has 0 atom stereocenters. The number of rotatable bonds is 11. The van der Waals surface area contributed by atoms with Crippen molar-refractivity contribution in [1.29, 1.82) is 0 Å². The van der Waals surface area contributed by atoms with Crippen molar-refractivity contribution < 1.29 is 28.5 Å². The Kier molecular flexibility index (Phi) is 9.81. The van der Waals surface area contributed by atoms with Gasteiger partial charge in [0.2, 0.25) is 5.91 Å². The van der Waals surface area contributed by atoms with Gasteiger partial charge in [0, 0.05) is 16.5 Å². The molecule has 0 unspecified atom stereocenters. The summed E-state index contributed by atoms with van der Waals surface area (Å²) < 4.78 is 22.1. The maximum absolute atomic E-state index is 12.9. The van der Waals surface area contributed by atoms with E-state index in [9.17, 15) is 9.59 Å². The minimum atomic E-state index is -0.525. The van der Waals surface area contributed by atoms with Crippen LogP contribution in [0.3, 0.4) is 0 Å². The molecule has 1 amide bonds. The molecule has 0 radical (unpaired) electrons. The van der Waals surface area contributed by atoms with Crippen molar-refractivity contribution in [2.45, 2.75) is 27.4 Å². The van der Waals surface area contributed by atoms with Gasteiger partial charge in [0.25, 0.3) is 0 Å². The molecule has 0 fully saturated rings. The van der Waals surface area contributed by atoms with E-state index in [1.165, 1.54) is 24.5 Å². The average Bonchev–Trinajstić information content (AvgIpc) is 3.31. The Morgan fingerprint density at radius 1 is 0.927 bits per heavy atom. The van der Waals surface area contributed by atoms with E-state index >= 15 is 0 Å². The van der Waals surface area contributed by atoms with Gasteiger partial charge >= 0.3 is 5.97 Å². The molecular weight excluding hydrogens is 538 g/mol.